The summed E-state index contributed by atoms with van der Waals surface area (Å²) in [6.45, 7) is 4.32. The van der Waals surface area contributed by atoms with Gasteiger partial charge in [-0.15, -0.1) is 0 Å². The normalized spacial score (nSPS) is 36.1. The second-order valence-electron chi connectivity index (χ2n) is 3.63. The third-order valence-electron chi connectivity index (χ3n) is 2.39. The van der Waals surface area contributed by atoms with Gasteiger partial charge in [0.1, 0.15) is 12.2 Å². The molecule has 0 amide bonds. The van der Waals surface area contributed by atoms with Crippen LogP contribution in [0.1, 0.15) is 26.7 Å². The van der Waals surface area contributed by atoms with Crippen LogP contribution in [-0.2, 0) is 9.78 Å². The Kier molecular flexibility index (Phi) is 1.74. The number of allylic oxidation sites excluding steroid dienone is 1. The van der Waals surface area contributed by atoms with E-state index in [1.807, 2.05) is 0 Å². The minimum atomic E-state index is 0.225. The Morgan fingerprint density at radius 2 is 2.27 bits per heavy atom. The fourth-order valence-electron chi connectivity index (χ4n) is 1.78. The van der Waals surface area contributed by atoms with E-state index in [-0.39, 0.29) is 12.2 Å². The highest BCUT2D eigenvalue weighted by molar-refractivity contribution is 5.21. The summed E-state index contributed by atoms with van der Waals surface area (Å²) in [4.78, 5) is 10.4. The van der Waals surface area contributed by atoms with Crippen molar-refractivity contribution in [1.82, 2.24) is 0 Å². The molecule has 2 heteroatoms. The first-order valence-electron chi connectivity index (χ1n) is 4.31. The van der Waals surface area contributed by atoms with Crippen LogP contribution >= 0.6 is 0 Å². The zero-order chi connectivity index (χ0) is 7.84. The lowest BCUT2D eigenvalue weighted by molar-refractivity contribution is -0.302. The van der Waals surface area contributed by atoms with Gasteiger partial charge in [0.25, 0.3) is 0 Å². The fraction of sp³-hybridized carbons (Fsp3) is 0.778. The molecule has 2 aliphatic rings. The van der Waals surface area contributed by atoms with Gasteiger partial charge >= 0.3 is 0 Å². The Labute approximate surface area is 67.1 Å². The predicted octanol–water partition coefficient (Wildman–Crippen LogP) is 2.06. The van der Waals surface area contributed by atoms with Crippen molar-refractivity contribution >= 4 is 0 Å². The van der Waals surface area contributed by atoms with E-state index in [9.17, 15) is 0 Å². The standard InChI is InChI=1S/C9H14O2/c1-6(2)9-7-4-3-5-8(7)10-11-9/h4,6,8-9H,3,5H2,1-2H3. The van der Waals surface area contributed by atoms with Crippen molar-refractivity contribution in [1.29, 1.82) is 0 Å². The molecule has 2 unspecified atom stereocenters. The van der Waals surface area contributed by atoms with Crippen molar-refractivity contribution in [3.8, 4) is 0 Å². The predicted molar refractivity (Wildman–Crippen MR) is 41.9 cm³/mol. The maximum absolute atomic E-state index is 5.21. The van der Waals surface area contributed by atoms with E-state index >= 15 is 0 Å². The Bertz CT molecular complexity index is 184. The molecule has 0 aromatic rings. The molecule has 0 aromatic heterocycles. The Hall–Kier alpha value is -0.340. The second kappa shape index (κ2) is 2.61. The lowest BCUT2D eigenvalue weighted by Gasteiger charge is -2.11. The van der Waals surface area contributed by atoms with E-state index in [2.05, 4.69) is 19.9 Å². The van der Waals surface area contributed by atoms with Crippen molar-refractivity contribution in [3.05, 3.63) is 11.6 Å². The average molecular weight is 154 g/mol. The fourth-order valence-corrected chi connectivity index (χ4v) is 1.78. The lowest BCUT2D eigenvalue weighted by atomic mass is 9.98. The summed E-state index contributed by atoms with van der Waals surface area (Å²) in [6, 6.07) is 0. The molecule has 1 aliphatic carbocycles. The quantitative estimate of drug-likeness (QED) is 0.425. The van der Waals surface area contributed by atoms with Gasteiger partial charge in [-0.25, -0.2) is 9.78 Å². The van der Waals surface area contributed by atoms with Crippen molar-refractivity contribution in [2.75, 3.05) is 0 Å². The van der Waals surface area contributed by atoms with Gasteiger partial charge < -0.3 is 0 Å². The van der Waals surface area contributed by atoms with Gasteiger partial charge in [-0.05, 0) is 24.3 Å². The Morgan fingerprint density at radius 1 is 1.45 bits per heavy atom. The molecule has 0 bridgehead atoms. The summed E-state index contributed by atoms with van der Waals surface area (Å²) in [5, 5.41) is 0. The van der Waals surface area contributed by atoms with Gasteiger partial charge in [-0.1, -0.05) is 19.9 Å². The van der Waals surface area contributed by atoms with Crippen LogP contribution in [0, 0.1) is 5.92 Å². The topological polar surface area (TPSA) is 18.5 Å². The van der Waals surface area contributed by atoms with E-state index in [4.69, 9.17) is 9.78 Å². The molecule has 62 valence electrons. The second-order valence-corrected chi connectivity index (χ2v) is 3.63. The summed E-state index contributed by atoms with van der Waals surface area (Å²) in [5.74, 6) is 0.532. The van der Waals surface area contributed by atoms with Crippen molar-refractivity contribution in [3.63, 3.8) is 0 Å². The first-order valence-corrected chi connectivity index (χ1v) is 4.31. The van der Waals surface area contributed by atoms with Crippen LogP contribution in [-0.4, -0.2) is 12.2 Å². The third-order valence-corrected chi connectivity index (χ3v) is 2.39. The van der Waals surface area contributed by atoms with Crippen LogP contribution in [0.25, 0.3) is 0 Å². The third kappa shape index (κ3) is 1.10. The number of hydrogen-bond donors (Lipinski definition) is 0. The first-order chi connectivity index (χ1) is 5.29. The highest BCUT2D eigenvalue weighted by Crippen LogP contribution is 2.35. The number of fused-ring (bicyclic) bond motifs is 1. The van der Waals surface area contributed by atoms with Crippen molar-refractivity contribution < 1.29 is 9.78 Å². The largest absolute Gasteiger partial charge is 0.228 e. The van der Waals surface area contributed by atoms with Crippen LogP contribution in [0.2, 0.25) is 0 Å². The average Bonchev–Trinajstić information content (AvgIpc) is 2.41. The van der Waals surface area contributed by atoms with Crippen LogP contribution < -0.4 is 0 Å². The van der Waals surface area contributed by atoms with Crippen LogP contribution in [0.4, 0.5) is 0 Å². The number of hydrogen-bond acceptors (Lipinski definition) is 2. The molecule has 0 saturated carbocycles. The molecule has 1 aliphatic heterocycles. The smallest absolute Gasteiger partial charge is 0.119 e. The van der Waals surface area contributed by atoms with Gasteiger partial charge in [0.2, 0.25) is 0 Å². The van der Waals surface area contributed by atoms with Gasteiger partial charge in [0.05, 0.1) is 0 Å². The maximum Gasteiger partial charge on any atom is 0.119 e. The summed E-state index contributed by atoms with van der Waals surface area (Å²) in [7, 11) is 0. The van der Waals surface area contributed by atoms with E-state index in [0.29, 0.717) is 5.92 Å². The Morgan fingerprint density at radius 3 is 3.00 bits per heavy atom. The van der Waals surface area contributed by atoms with Crippen molar-refractivity contribution in [2.24, 2.45) is 5.92 Å². The first kappa shape index (κ1) is 7.32. The molecule has 1 saturated heterocycles. The highest BCUT2D eigenvalue weighted by atomic mass is 17.2. The summed E-state index contributed by atoms with van der Waals surface area (Å²) in [6.07, 6.45) is 5.04. The molecule has 1 fully saturated rings. The maximum atomic E-state index is 5.21. The SMILES string of the molecule is CC(C)C1OOC2CCC=C21. The molecular weight excluding hydrogens is 140 g/mol. The molecule has 0 spiro atoms. The van der Waals surface area contributed by atoms with Crippen LogP contribution in [0.15, 0.2) is 11.6 Å². The molecule has 0 aromatic carbocycles. The lowest BCUT2D eigenvalue weighted by Crippen LogP contribution is -2.16. The highest BCUT2D eigenvalue weighted by Gasteiger charge is 2.37. The van der Waals surface area contributed by atoms with E-state index < -0.39 is 0 Å². The zero-order valence-electron chi connectivity index (χ0n) is 7.04. The van der Waals surface area contributed by atoms with Crippen molar-refractivity contribution in [2.45, 2.75) is 38.9 Å². The summed E-state index contributed by atoms with van der Waals surface area (Å²) < 4.78 is 0. The molecule has 0 radical (unpaired) electrons. The molecule has 0 N–H and O–H groups in total. The van der Waals surface area contributed by atoms with E-state index in [1.165, 1.54) is 5.57 Å². The summed E-state index contributed by atoms with van der Waals surface area (Å²) in [5.41, 5.74) is 1.38. The molecule has 11 heavy (non-hydrogen) atoms. The molecule has 1 heterocycles. The van der Waals surface area contributed by atoms with Gasteiger partial charge in [0.15, 0.2) is 0 Å². The van der Waals surface area contributed by atoms with E-state index in [1.54, 1.807) is 0 Å². The van der Waals surface area contributed by atoms with E-state index in [0.717, 1.165) is 12.8 Å². The Balaban J connectivity index is 2.14. The summed E-state index contributed by atoms with van der Waals surface area (Å²) >= 11 is 0. The minimum absolute atomic E-state index is 0.225. The monoisotopic (exact) mass is 154 g/mol. The molecular formula is C9H14O2. The van der Waals surface area contributed by atoms with Gasteiger partial charge in [-0.3, -0.25) is 0 Å². The van der Waals surface area contributed by atoms with Gasteiger partial charge in [0, 0.05) is 0 Å². The number of rotatable bonds is 1. The minimum Gasteiger partial charge on any atom is -0.228 e. The van der Waals surface area contributed by atoms with Crippen LogP contribution in [0.5, 0.6) is 0 Å². The molecule has 2 atom stereocenters. The molecule has 2 nitrogen and oxygen atoms in total. The molecule has 2 rings (SSSR count). The zero-order valence-corrected chi connectivity index (χ0v) is 7.04. The van der Waals surface area contributed by atoms with Gasteiger partial charge in [-0.2, -0.15) is 0 Å². The van der Waals surface area contributed by atoms with Crippen LogP contribution in [0.3, 0.4) is 0 Å².